The minimum Gasteiger partial charge on any atom is -0.379 e. The Bertz CT molecular complexity index is 1080. The number of morpholine rings is 1. The molecule has 0 aromatic heterocycles. The van der Waals surface area contributed by atoms with Crippen LogP contribution in [0.4, 0.5) is 5.69 Å². The van der Waals surface area contributed by atoms with E-state index in [1.807, 2.05) is 6.07 Å². The van der Waals surface area contributed by atoms with Gasteiger partial charge in [-0.15, -0.1) is 0 Å². The van der Waals surface area contributed by atoms with Crippen LogP contribution in [0, 0.1) is 0 Å². The van der Waals surface area contributed by atoms with Gasteiger partial charge in [0.2, 0.25) is 10.0 Å². The van der Waals surface area contributed by atoms with Crippen molar-refractivity contribution in [2.24, 2.45) is 4.74 Å². The molecule has 0 aliphatic carbocycles. The molecule has 1 N–H and O–H groups in total. The number of nitrogens with zero attached hydrogens (tertiary/aromatic N) is 4. The highest BCUT2D eigenvalue weighted by Crippen LogP contribution is 2.66. The Morgan fingerprint density at radius 2 is 1.42 bits per heavy atom. The van der Waals surface area contributed by atoms with E-state index in [4.69, 9.17) is 21.7 Å². The zero-order chi connectivity index (χ0) is 27.2. The van der Waals surface area contributed by atoms with E-state index >= 15 is 0 Å². The molecule has 38 heavy (non-hydrogen) atoms. The maximum absolute atomic E-state index is 13.2. The summed E-state index contributed by atoms with van der Waals surface area (Å²) in [4.78, 5) is 0.268. The third-order valence-electron chi connectivity index (χ3n) is 7.78. The summed E-state index contributed by atoms with van der Waals surface area (Å²) in [6.45, 7) is 12.8. The highest BCUT2D eigenvalue weighted by molar-refractivity contribution is 7.89. The van der Waals surface area contributed by atoms with Crippen molar-refractivity contribution in [3.8, 4) is 0 Å². The van der Waals surface area contributed by atoms with Crippen LogP contribution in [0.2, 0.25) is 0 Å². The summed E-state index contributed by atoms with van der Waals surface area (Å²) in [5, 5.41) is 3.70. The van der Waals surface area contributed by atoms with Crippen LogP contribution < -0.4 is 5.32 Å². The third-order valence-corrected chi connectivity index (χ3v) is 14.7. The van der Waals surface area contributed by atoms with Crippen molar-refractivity contribution in [1.82, 2.24) is 13.6 Å². The monoisotopic (exact) mass is 583 g/mol. The fourth-order valence-corrected chi connectivity index (χ4v) is 12.4. The molecule has 1 aromatic carbocycles. The highest BCUT2D eigenvalue weighted by Gasteiger charge is 2.44. The Balaban J connectivity index is 1.68. The first-order valence-corrected chi connectivity index (χ1v) is 17.8. The normalized spacial score (nSPS) is 21.9. The van der Waals surface area contributed by atoms with Crippen LogP contribution in [0.15, 0.2) is 33.9 Å². The van der Waals surface area contributed by atoms with Crippen LogP contribution in [0.25, 0.3) is 0 Å². The number of ether oxygens (including phenoxy) is 1. The van der Waals surface area contributed by atoms with Crippen molar-refractivity contribution < 1.29 is 13.2 Å². The molecule has 8 nitrogen and oxygen atoms in total. The van der Waals surface area contributed by atoms with Crippen LogP contribution in [-0.2, 0) is 14.8 Å². The number of anilines is 1. The third kappa shape index (κ3) is 6.88. The van der Waals surface area contributed by atoms with Gasteiger partial charge in [0.15, 0.2) is 5.11 Å². The van der Waals surface area contributed by atoms with Crippen LogP contribution in [0.5, 0.6) is 0 Å². The van der Waals surface area contributed by atoms with Crippen molar-refractivity contribution in [3.05, 3.63) is 24.3 Å². The number of sulfonamides is 1. The Hall–Kier alpha value is -0.870. The summed E-state index contributed by atoms with van der Waals surface area (Å²) < 4.78 is 44.2. The van der Waals surface area contributed by atoms with Crippen LogP contribution in [0.3, 0.4) is 0 Å². The molecule has 3 heterocycles. The van der Waals surface area contributed by atoms with E-state index in [-0.39, 0.29) is 10.1 Å². The first kappa shape index (κ1) is 30.1. The number of rotatable bonds is 5. The Morgan fingerprint density at radius 1 is 0.895 bits per heavy atom. The predicted molar refractivity (Wildman–Crippen MR) is 161 cm³/mol. The number of hydrogen-bond donors (Lipinski definition) is 1. The van der Waals surface area contributed by atoms with E-state index in [1.54, 1.807) is 18.2 Å². The van der Waals surface area contributed by atoms with Crippen molar-refractivity contribution in [3.63, 3.8) is 0 Å². The van der Waals surface area contributed by atoms with Gasteiger partial charge in [-0.1, -0.05) is 52.5 Å². The smallest absolute Gasteiger partial charge is 0.243 e. The predicted octanol–water partition coefficient (Wildman–Crippen LogP) is 5.99. The van der Waals surface area contributed by atoms with E-state index in [2.05, 4.69) is 35.4 Å². The molecule has 11 heteroatoms. The molecule has 3 aliphatic rings. The summed E-state index contributed by atoms with van der Waals surface area (Å²) >= 11 is 5.94. The van der Waals surface area contributed by atoms with Gasteiger partial charge in [0.25, 0.3) is 0 Å². The molecule has 0 bridgehead atoms. The van der Waals surface area contributed by atoms with Crippen LogP contribution in [-0.4, -0.2) is 84.8 Å². The molecule has 0 spiro atoms. The number of thiocarbonyl (C=S) groups is 1. The first-order valence-electron chi connectivity index (χ1n) is 14.3. The minimum atomic E-state index is -3.59. The van der Waals surface area contributed by atoms with E-state index < -0.39 is 17.4 Å². The average Bonchev–Trinajstić information content (AvgIpc) is 3.33. The fourth-order valence-electron chi connectivity index (χ4n) is 5.92. The molecule has 0 saturated carbocycles. The van der Waals surface area contributed by atoms with Crippen LogP contribution in [0.1, 0.15) is 72.1 Å². The van der Waals surface area contributed by atoms with Gasteiger partial charge in [-0.05, 0) is 56.1 Å². The summed E-state index contributed by atoms with van der Waals surface area (Å²) in [6.07, 6.45) is 9.88. The number of benzene rings is 1. The summed E-state index contributed by atoms with van der Waals surface area (Å²) in [7, 11) is -5.79. The number of nitrogens with one attached hydrogen (secondary N) is 1. The van der Waals surface area contributed by atoms with E-state index in [0.717, 1.165) is 26.2 Å². The molecular formula is C27H46N5O3PS2. The van der Waals surface area contributed by atoms with E-state index in [9.17, 15) is 8.42 Å². The van der Waals surface area contributed by atoms with Gasteiger partial charge in [-0.2, -0.15) is 4.31 Å². The lowest BCUT2D eigenvalue weighted by Gasteiger charge is -2.50. The Labute approximate surface area is 235 Å². The van der Waals surface area contributed by atoms with Gasteiger partial charge in [-0.25, -0.2) is 13.2 Å². The van der Waals surface area contributed by atoms with Gasteiger partial charge in [0, 0.05) is 50.1 Å². The zero-order valence-corrected chi connectivity index (χ0v) is 25.9. The molecule has 3 aliphatic heterocycles. The van der Waals surface area contributed by atoms with Crippen LogP contribution >= 0.6 is 19.6 Å². The molecule has 0 unspecified atom stereocenters. The van der Waals surface area contributed by atoms with E-state index in [0.29, 0.717) is 37.1 Å². The van der Waals surface area contributed by atoms with Gasteiger partial charge in [0.05, 0.1) is 18.1 Å². The second-order valence-corrected chi connectivity index (χ2v) is 17.7. The topological polar surface area (TPSA) is 77.5 Å². The molecule has 214 valence electrons. The molecule has 0 amide bonds. The lowest BCUT2D eigenvalue weighted by atomic mass is 10.2. The van der Waals surface area contributed by atoms with E-state index in [1.165, 1.54) is 55.7 Å². The van der Waals surface area contributed by atoms with Gasteiger partial charge >= 0.3 is 0 Å². The molecule has 3 saturated heterocycles. The lowest BCUT2D eigenvalue weighted by molar-refractivity contribution is 0.0730. The van der Waals surface area contributed by atoms with Crippen molar-refractivity contribution in [2.75, 3.05) is 57.8 Å². The SMILES string of the molecule is CC(C)(C)P(=NC(=S)Nc1cccc(S(=O)(=O)N2CCOCC2)c1)(N1CCCCCC1)N1CCCCCC1. The molecule has 1 aromatic rings. The minimum absolute atomic E-state index is 0.0745. The van der Waals surface area contributed by atoms with Gasteiger partial charge in [0.1, 0.15) is 7.36 Å². The summed E-state index contributed by atoms with van der Waals surface area (Å²) in [5.41, 5.74) is 0.659. The van der Waals surface area contributed by atoms with Crippen molar-refractivity contribution in [2.45, 2.75) is 82.2 Å². The highest BCUT2D eigenvalue weighted by atomic mass is 32.2. The standard InChI is InChI=1S/C27H46N5O3PS2/c1-27(2,3)36(30-15-8-4-5-9-16-30,31-17-10-6-7-11-18-31)29-26(37)28-24-13-12-14-25(23-24)38(33,34)32-19-21-35-22-20-32/h12-14,23H,4-11,15-22H2,1-3H3,(H,28,37). The van der Waals surface area contributed by atoms with Gasteiger partial charge in [-0.3, -0.25) is 9.34 Å². The average molecular weight is 584 g/mol. The zero-order valence-electron chi connectivity index (χ0n) is 23.4. The molecule has 0 radical (unpaired) electrons. The Kier molecular flexibility index (Phi) is 10.5. The summed E-state index contributed by atoms with van der Waals surface area (Å²) in [6, 6.07) is 6.97. The van der Waals surface area contributed by atoms with Gasteiger partial charge < -0.3 is 10.1 Å². The molecule has 3 fully saturated rings. The summed E-state index contributed by atoms with van der Waals surface area (Å²) in [5.74, 6) is 0. The van der Waals surface area contributed by atoms with Crippen molar-refractivity contribution in [1.29, 1.82) is 0 Å². The second-order valence-electron chi connectivity index (χ2n) is 11.5. The quantitative estimate of drug-likeness (QED) is 0.337. The Morgan fingerprint density at radius 3 is 1.92 bits per heavy atom. The number of hydrogen-bond acceptors (Lipinski definition) is 4. The van der Waals surface area contributed by atoms with Crippen molar-refractivity contribution >= 4 is 40.4 Å². The maximum Gasteiger partial charge on any atom is 0.243 e. The first-order chi connectivity index (χ1) is 18.1. The molecule has 0 atom stereocenters. The largest absolute Gasteiger partial charge is 0.379 e. The lowest BCUT2D eigenvalue weighted by Crippen LogP contribution is -2.42. The second kappa shape index (κ2) is 13.2. The molecule has 4 rings (SSSR count). The fraction of sp³-hybridized carbons (Fsp3) is 0.741. The maximum atomic E-state index is 13.2. The molecular weight excluding hydrogens is 537 g/mol.